The van der Waals surface area contributed by atoms with Gasteiger partial charge in [-0.3, -0.25) is 4.90 Å². The number of nitrogens with zero attached hydrogens (tertiary/aromatic N) is 2. The van der Waals surface area contributed by atoms with Crippen LogP contribution in [0.2, 0.25) is 0 Å². The molecule has 2 heterocycles. The minimum Gasteiger partial charge on any atom is -0.475 e. The number of likely N-dealkylation sites (N-methyl/N-ethyl adjacent to an activating group) is 1. The van der Waals surface area contributed by atoms with E-state index >= 15 is 0 Å². The lowest BCUT2D eigenvalue weighted by atomic mass is 10.2. The summed E-state index contributed by atoms with van der Waals surface area (Å²) in [5, 5.41) is 8.84. The first-order valence-corrected chi connectivity index (χ1v) is 6.47. The Bertz CT molecular complexity index is 412. The maximum Gasteiger partial charge on any atom is 0.371 e. The topological polar surface area (TPSA) is 56.9 Å². The van der Waals surface area contributed by atoms with E-state index in [2.05, 4.69) is 23.6 Å². The van der Waals surface area contributed by atoms with E-state index in [0.717, 1.165) is 32.6 Å². The fourth-order valence-electron chi connectivity index (χ4n) is 2.59. The van der Waals surface area contributed by atoms with Crippen LogP contribution in [0.25, 0.3) is 0 Å². The predicted octanol–water partition coefficient (Wildman–Crippen LogP) is 1.90. The molecule has 0 bridgehead atoms. The molecule has 1 fully saturated rings. The molecule has 18 heavy (non-hydrogen) atoms. The molecule has 0 spiro atoms. The zero-order valence-electron chi connectivity index (χ0n) is 10.9. The second-order valence-corrected chi connectivity index (χ2v) is 4.55. The van der Waals surface area contributed by atoms with Crippen LogP contribution >= 0.6 is 0 Å². The van der Waals surface area contributed by atoms with Crippen molar-refractivity contribution in [2.24, 2.45) is 0 Å². The van der Waals surface area contributed by atoms with E-state index in [1.165, 1.54) is 6.07 Å². The van der Waals surface area contributed by atoms with Gasteiger partial charge in [0.1, 0.15) is 0 Å². The van der Waals surface area contributed by atoms with Crippen LogP contribution in [-0.4, -0.2) is 48.2 Å². The van der Waals surface area contributed by atoms with Crippen LogP contribution in [0.4, 0.5) is 5.88 Å². The average Bonchev–Trinajstić information content (AvgIpc) is 2.98. The monoisotopic (exact) mass is 252 g/mol. The van der Waals surface area contributed by atoms with Gasteiger partial charge in [0, 0.05) is 25.2 Å². The fourth-order valence-corrected chi connectivity index (χ4v) is 2.59. The summed E-state index contributed by atoms with van der Waals surface area (Å²) in [5.41, 5.74) is 0. The van der Waals surface area contributed by atoms with Crippen molar-refractivity contribution in [1.82, 2.24) is 4.90 Å². The normalized spacial score (nSPS) is 19.7. The third kappa shape index (κ3) is 2.51. The number of carboxylic acid groups (broad SMARTS) is 1. The van der Waals surface area contributed by atoms with E-state index in [1.807, 2.05) is 0 Å². The molecule has 5 nitrogen and oxygen atoms in total. The third-order valence-corrected chi connectivity index (χ3v) is 3.61. The second kappa shape index (κ2) is 5.44. The van der Waals surface area contributed by atoms with Crippen LogP contribution < -0.4 is 4.90 Å². The molecule has 1 aliphatic heterocycles. The lowest BCUT2D eigenvalue weighted by Gasteiger charge is -2.25. The Balaban J connectivity index is 2.01. The maximum atomic E-state index is 10.8. The van der Waals surface area contributed by atoms with Crippen LogP contribution in [0.1, 0.15) is 30.8 Å². The highest BCUT2D eigenvalue weighted by molar-refractivity contribution is 5.84. The van der Waals surface area contributed by atoms with Crippen molar-refractivity contribution >= 4 is 11.9 Å². The highest BCUT2D eigenvalue weighted by Crippen LogP contribution is 2.25. The zero-order chi connectivity index (χ0) is 13.1. The largest absolute Gasteiger partial charge is 0.475 e. The highest BCUT2D eigenvalue weighted by Gasteiger charge is 2.28. The summed E-state index contributed by atoms with van der Waals surface area (Å²) in [4.78, 5) is 15.3. The molecule has 1 N–H and O–H groups in total. The van der Waals surface area contributed by atoms with E-state index in [4.69, 9.17) is 9.52 Å². The van der Waals surface area contributed by atoms with Gasteiger partial charge in [-0.15, -0.1) is 0 Å². The van der Waals surface area contributed by atoms with Gasteiger partial charge in [-0.05, 0) is 25.6 Å². The van der Waals surface area contributed by atoms with E-state index < -0.39 is 5.97 Å². The molecule has 1 saturated heterocycles. The van der Waals surface area contributed by atoms with Crippen LogP contribution in [-0.2, 0) is 0 Å². The van der Waals surface area contributed by atoms with Crippen molar-refractivity contribution in [3.05, 3.63) is 17.9 Å². The summed E-state index contributed by atoms with van der Waals surface area (Å²) in [6, 6.07) is 3.80. The van der Waals surface area contributed by atoms with Crippen molar-refractivity contribution in [2.45, 2.75) is 26.3 Å². The number of furan rings is 1. The Hall–Kier alpha value is -1.49. The van der Waals surface area contributed by atoms with Gasteiger partial charge in [-0.1, -0.05) is 13.8 Å². The number of hydrogen-bond acceptors (Lipinski definition) is 4. The van der Waals surface area contributed by atoms with Gasteiger partial charge in [-0.2, -0.15) is 0 Å². The molecule has 1 unspecified atom stereocenters. The van der Waals surface area contributed by atoms with Crippen molar-refractivity contribution in [1.29, 1.82) is 0 Å². The molecular formula is C13H20N2O3. The van der Waals surface area contributed by atoms with Crippen LogP contribution in [0.5, 0.6) is 0 Å². The molecule has 0 radical (unpaired) electrons. The minimum atomic E-state index is -1.01. The molecule has 0 amide bonds. The van der Waals surface area contributed by atoms with Crippen LogP contribution in [0, 0.1) is 0 Å². The molecule has 100 valence electrons. The number of carboxylic acids is 1. The van der Waals surface area contributed by atoms with Gasteiger partial charge in [0.05, 0.1) is 0 Å². The first kappa shape index (κ1) is 13.0. The fraction of sp³-hybridized carbons (Fsp3) is 0.615. The minimum absolute atomic E-state index is 0.0105. The summed E-state index contributed by atoms with van der Waals surface area (Å²) >= 11 is 0. The number of rotatable bonds is 5. The summed E-state index contributed by atoms with van der Waals surface area (Å²) < 4.78 is 5.33. The molecule has 0 aromatic carbocycles. The molecule has 1 aliphatic rings. The van der Waals surface area contributed by atoms with E-state index in [1.54, 1.807) is 6.07 Å². The Morgan fingerprint density at radius 3 is 2.78 bits per heavy atom. The van der Waals surface area contributed by atoms with Crippen molar-refractivity contribution in [2.75, 3.05) is 31.1 Å². The Morgan fingerprint density at radius 1 is 1.50 bits per heavy atom. The Labute approximate surface area is 107 Å². The number of carbonyl (C=O) groups is 1. The SMILES string of the molecule is CCN(CC)C1CCN(c2ccc(C(=O)O)o2)C1. The van der Waals surface area contributed by atoms with Gasteiger partial charge in [-0.25, -0.2) is 4.79 Å². The maximum absolute atomic E-state index is 10.8. The zero-order valence-corrected chi connectivity index (χ0v) is 10.9. The summed E-state index contributed by atoms with van der Waals surface area (Å²) in [7, 11) is 0. The average molecular weight is 252 g/mol. The van der Waals surface area contributed by atoms with E-state index in [-0.39, 0.29) is 5.76 Å². The summed E-state index contributed by atoms with van der Waals surface area (Å²) in [6.07, 6.45) is 1.10. The first-order valence-electron chi connectivity index (χ1n) is 6.47. The molecule has 1 aromatic rings. The van der Waals surface area contributed by atoms with Gasteiger partial charge in [0.15, 0.2) is 5.88 Å². The van der Waals surface area contributed by atoms with Gasteiger partial charge < -0.3 is 14.4 Å². The molecule has 0 saturated carbocycles. The molecule has 1 atom stereocenters. The smallest absolute Gasteiger partial charge is 0.371 e. The molecule has 0 aliphatic carbocycles. The van der Waals surface area contributed by atoms with E-state index in [9.17, 15) is 4.79 Å². The van der Waals surface area contributed by atoms with Crippen molar-refractivity contribution in [3.8, 4) is 0 Å². The quantitative estimate of drug-likeness (QED) is 0.867. The lowest BCUT2D eigenvalue weighted by Crippen LogP contribution is -2.37. The first-order chi connectivity index (χ1) is 8.65. The molecule has 1 aromatic heterocycles. The number of hydrogen-bond donors (Lipinski definition) is 1. The van der Waals surface area contributed by atoms with Crippen molar-refractivity contribution < 1.29 is 14.3 Å². The van der Waals surface area contributed by atoms with Gasteiger partial charge in [0.25, 0.3) is 0 Å². The third-order valence-electron chi connectivity index (χ3n) is 3.61. The standard InChI is InChI=1S/C13H20N2O3/c1-3-14(4-2)10-7-8-15(9-10)12-6-5-11(18-12)13(16)17/h5-6,10H,3-4,7-9H2,1-2H3,(H,16,17). The van der Waals surface area contributed by atoms with Crippen LogP contribution in [0.15, 0.2) is 16.5 Å². The lowest BCUT2D eigenvalue weighted by molar-refractivity contribution is 0.0663. The Morgan fingerprint density at radius 2 is 2.22 bits per heavy atom. The Kier molecular flexibility index (Phi) is 3.91. The molecule has 5 heteroatoms. The second-order valence-electron chi connectivity index (χ2n) is 4.55. The van der Waals surface area contributed by atoms with Crippen molar-refractivity contribution in [3.63, 3.8) is 0 Å². The number of anilines is 1. The number of aromatic carboxylic acids is 1. The van der Waals surface area contributed by atoms with E-state index in [0.29, 0.717) is 11.9 Å². The highest BCUT2D eigenvalue weighted by atomic mass is 16.4. The van der Waals surface area contributed by atoms with Gasteiger partial charge in [0.2, 0.25) is 5.76 Å². The summed E-state index contributed by atoms with van der Waals surface area (Å²) in [5.74, 6) is -0.334. The predicted molar refractivity (Wildman–Crippen MR) is 69.2 cm³/mol. The van der Waals surface area contributed by atoms with Crippen LogP contribution in [0.3, 0.4) is 0 Å². The van der Waals surface area contributed by atoms with Gasteiger partial charge >= 0.3 is 5.97 Å². The molecule has 2 rings (SSSR count). The summed E-state index contributed by atoms with van der Waals surface area (Å²) in [6.45, 7) is 8.27. The molecular weight excluding hydrogens is 232 g/mol.